The van der Waals surface area contributed by atoms with Gasteiger partial charge in [-0.3, -0.25) is 4.99 Å². The first-order valence-electron chi connectivity index (χ1n) is 9.64. The number of nitrogens with zero attached hydrogens (tertiary/aromatic N) is 2. The van der Waals surface area contributed by atoms with Gasteiger partial charge in [0.1, 0.15) is 0 Å². The van der Waals surface area contributed by atoms with Gasteiger partial charge in [-0.1, -0.05) is 24.6 Å². The summed E-state index contributed by atoms with van der Waals surface area (Å²) in [5.41, 5.74) is 0. The molecule has 0 spiro atoms. The highest BCUT2D eigenvalue weighted by Crippen LogP contribution is 2.11. The van der Waals surface area contributed by atoms with Crippen LogP contribution in [-0.4, -0.2) is 64.3 Å². The fourth-order valence-corrected chi connectivity index (χ4v) is 4.36. The first-order valence-corrected chi connectivity index (χ1v) is 11.3. The number of nitrogens with one attached hydrogen (secondary N) is 2. The highest BCUT2D eigenvalue weighted by atomic mass is 32.2. The van der Waals surface area contributed by atoms with Gasteiger partial charge in [0.15, 0.2) is 15.8 Å². The third kappa shape index (κ3) is 7.33. The second-order valence-electron chi connectivity index (χ2n) is 6.58. The lowest BCUT2D eigenvalue weighted by Crippen LogP contribution is -2.42. The minimum absolute atomic E-state index is 0.119. The van der Waals surface area contributed by atoms with Crippen LogP contribution >= 0.6 is 0 Å². The molecule has 1 aliphatic heterocycles. The van der Waals surface area contributed by atoms with Crippen LogP contribution in [0.15, 0.2) is 40.2 Å². The maximum absolute atomic E-state index is 12.3. The molecule has 6 nitrogen and oxygen atoms in total. The van der Waals surface area contributed by atoms with Crippen LogP contribution in [0.1, 0.15) is 32.6 Å². The van der Waals surface area contributed by atoms with Crippen LogP contribution in [0.4, 0.5) is 0 Å². The molecule has 0 amide bonds. The van der Waals surface area contributed by atoms with Crippen LogP contribution in [0.2, 0.25) is 0 Å². The Balaban J connectivity index is 1.73. The zero-order valence-electron chi connectivity index (χ0n) is 15.8. The molecule has 1 saturated heterocycles. The quantitative estimate of drug-likeness (QED) is 0.389. The van der Waals surface area contributed by atoms with E-state index in [9.17, 15) is 8.42 Å². The van der Waals surface area contributed by atoms with E-state index in [0.29, 0.717) is 17.9 Å². The van der Waals surface area contributed by atoms with Gasteiger partial charge in [0.25, 0.3) is 0 Å². The second kappa shape index (κ2) is 11.2. The summed E-state index contributed by atoms with van der Waals surface area (Å²) >= 11 is 0. The molecule has 0 aromatic heterocycles. The molecule has 7 heteroatoms. The fraction of sp³-hybridized carbons (Fsp3) is 0.632. The van der Waals surface area contributed by atoms with Gasteiger partial charge in [-0.2, -0.15) is 0 Å². The average Bonchev–Trinajstić information content (AvgIpc) is 2.67. The van der Waals surface area contributed by atoms with Gasteiger partial charge < -0.3 is 15.5 Å². The van der Waals surface area contributed by atoms with Gasteiger partial charge in [0, 0.05) is 26.2 Å². The second-order valence-corrected chi connectivity index (χ2v) is 8.68. The Hall–Kier alpha value is -1.60. The number of piperidine rings is 1. The Kier molecular flexibility index (Phi) is 8.91. The normalized spacial score (nSPS) is 16.4. The molecule has 0 unspecified atom stereocenters. The van der Waals surface area contributed by atoms with Crippen LogP contribution in [0.5, 0.6) is 0 Å². The van der Waals surface area contributed by atoms with E-state index in [4.69, 9.17) is 0 Å². The van der Waals surface area contributed by atoms with E-state index in [2.05, 4.69) is 20.5 Å². The molecule has 0 bridgehead atoms. The predicted octanol–water partition coefficient (Wildman–Crippen LogP) is 1.89. The summed E-state index contributed by atoms with van der Waals surface area (Å²) in [4.78, 5) is 7.37. The molecule has 1 aliphatic rings. The number of aliphatic imine (C=N–C) groups is 1. The largest absolute Gasteiger partial charge is 0.357 e. The number of hydrogen-bond donors (Lipinski definition) is 2. The van der Waals surface area contributed by atoms with Crippen molar-refractivity contribution in [3.05, 3.63) is 30.3 Å². The number of sulfone groups is 1. The van der Waals surface area contributed by atoms with Gasteiger partial charge in [-0.25, -0.2) is 8.42 Å². The molecule has 146 valence electrons. The molecule has 26 heavy (non-hydrogen) atoms. The topological polar surface area (TPSA) is 73.8 Å². The Labute approximate surface area is 158 Å². The van der Waals surface area contributed by atoms with Crippen molar-refractivity contribution in [3.8, 4) is 0 Å². The van der Waals surface area contributed by atoms with Crippen molar-refractivity contribution in [3.63, 3.8) is 0 Å². The standard InChI is InChI=1S/C19H32N4O2S/c1-2-20-19(22-13-16-23-14-7-4-8-15-23)21-12-9-17-26(24,25)18-10-5-3-6-11-18/h3,5-6,10-11H,2,4,7-9,12-17H2,1H3,(H2,20,21,22). The van der Waals surface area contributed by atoms with Gasteiger partial charge >= 0.3 is 0 Å². The third-order valence-corrected chi connectivity index (χ3v) is 6.27. The van der Waals surface area contributed by atoms with Gasteiger partial charge in [0.2, 0.25) is 0 Å². The molecule has 0 aliphatic carbocycles. The van der Waals surface area contributed by atoms with Crippen molar-refractivity contribution in [1.29, 1.82) is 0 Å². The zero-order valence-corrected chi connectivity index (χ0v) is 16.6. The Morgan fingerprint density at radius 1 is 1.12 bits per heavy atom. The first-order chi connectivity index (χ1) is 12.6. The first kappa shape index (κ1) is 20.7. The van der Waals surface area contributed by atoms with Crippen LogP contribution in [0.25, 0.3) is 0 Å². The van der Waals surface area contributed by atoms with E-state index in [-0.39, 0.29) is 5.75 Å². The van der Waals surface area contributed by atoms with Crippen LogP contribution in [0.3, 0.4) is 0 Å². The molecule has 2 N–H and O–H groups in total. The third-order valence-electron chi connectivity index (χ3n) is 4.46. The molecule has 0 radical (unpaired) electrons. The van der Waals surface area contributed by atoms with Crippen LogP contribution in [-0.2, 0) is 9.84 Å². The molecule has 0 atom stereocenters. The lowest BCUT2D eigenvalue weighted by molar-refractivity contribution is 0.232. The summed E-state index contributed by atoms with van der Waals surface area (Å²) in [6.07, 6.45) is 4.45. The van der Waals surface area contributed by atoms with E-state index in [1.807, 2.05) is 13.0 Å². The maximum Gasteiger partial charge on any atom is 0.191 e. The lowest BCUT2D eigenvalue weighted by Gasteiger charge is -2.26. The van der Waals surface area contributed by atoms with E-state index in [1.165, 1.54) is 32.4 Å². The SMILES string of the molecule is CCNC(=NCCCS(=O)(=O)c1ccccc1)NCCN1CCCCC1. The minimum Gasteiger partial charge on any atom is -0.357 e. The number of hydrogen-bond acceptors (Lipinski definition) is 4. The van der Waals surface area contributed by atoms with Gasteiger partial charge in [-0.05, 0) is 51.4 Å². The highest BCUT2D eigenvalue weighted by Gasteiger charge is 2.13. The summed E-state index contributed by atoms with van der Waals surface area (Å²) in [5.74, 6) is 0.884. The molecular formula is C19H32N4O2S. The average molecular weight is 381 g/mol. The van der Waals surface area contributed by atoms with Crippen LogP contribution in [0, 0.1) is 0 Å². The van der Waals surface area contributed by atoms with Crippen molar-refractivity contribution >= 4 is 15.8 Å². The zero-order chi connectivity index (χ0) is 18.7. The lowest BCUT2D eigenvalue weighted by atomic mass is 10.1. The molecule has 0 saturated carbocycles. The maximum atomic E-state index is 12.3. The highest BCUT2D eigenvalue weighted by molar-refractivity contribution is 7.91. The van der Waals surface area contributed by atoms with Crippen LogP contribution < -0.4 is 10.6 Å². The summed E-state index contributed by atoms with van der Waals surface area (Å²) in [7, 11) is -3.22. The van der Waals surface area contributed by atoms with E-state index >= 15 is 0 Å². The van der Waals surface area contributed by atoms with Gasteiger partial charge in [0.05, 0.1) is 10.6 Å². The van der Waals surface area contributed by atoms with E-state index in [1.54, 1.807) is 24.3 Å². The Bertz CT molecular complexity index is 641. The summed E-state index contributed by atoms with van der Waals surface area (Å²) < 4.78 is 24.5. The van der Waals surface area contributed by atoms with Crippen molar-refractivity contribution < 1.29 is 8.42 Å². The Morgan fingerprint density at radius 3 is 2.54 bits per heavy atom. The number of guanidine groups is 1. The van der Waals surface area contributed by atoms with Crippen molar-refractivity contribution in [1.82, 2.24) is 15.5 Å². The van der Waals surface area contributed by atoms with Crippen molar-refractivity contribution in [2.24, 2.45) is 4.99 Å². The van der Waals surface area contributed by atoms with E-state index in [0.717, 1.165) is 25.6 Å². The fourth-order valence-electron chi connectivity index (χ4n) is 3.05. The number of likely N-dealkylation sites (tertiary alicyclic amines) is 1. The summed E-state index contributed by atoms with van der Waals surface area (Å²) in [5, 5.41) is 6.57. The molecule has 2 rings (SSSR count). The molecular weight excluding hydrogens is 348 g/mol. The summed E-state index contributed by atoms with van der Waals surface area (Å²) in [6, 6.07) is 8.61. The molecule has 1 fully saturated rings. The monoisotopic (exact) mass is 380 g/mol. The summed E-state index contributed by atoms with van der Waals surface area (Å²) in [6.45, 7) is 7.56. The Morgan fingerprint density at radius 2 is 1.85 bits per heavy atom. The van der Waals surface area contributed by atoms with Gasteiger partial charge in [-0.15, -0.1) is 0 Å². The van der Waals surface area contributed by atoms with E-state index < -0.39 is 9.84 Å². The van der Waals surface area contributed by atoms with Crippen molar-refractivity contribution in [2.45, 2.75) is 37.5 Å². The smallest absolute Gasteiger partial charge is 0.191 e. The number of rotatable bonds is 9. The van der Waals surface area contributed by atoms with Crippen molar-refractivity contribution in [2.75, 3.05) is 45.0 Å². The molecule has 1 aromatic rings. The molecule has 1 aromatic carbocycles. The molecule has 1 heterocycles. The minimum atomic E-state index is -3.22. The predicted molar refractivity (Wildman–Crippen MR) is 107 cm³/mol. The number of benzene rings is 1.